The fraction of sp³-hybridized carbons (Fsp3) is 0.278. The van der Waals surface area contributed by atoms with E-state index in [1.165, 1.54) is 12.1 Å². The molecule has 0 aliphatic carbocycles. The Bertz CT molecular complexity index is 633. The van der Waals surface area contributed by atoms with Crippen LogP contribution < -0.4 is 0 Å². The van der Waals surface area contributed by atoms with E-state index in [0.29, 0.717) is 0 Å². The van der Waals surface area contributed by atoms with Crippen LogP contribution in [0.4, 0.5) is 4.39 Å². The Morgan fingerprint density at radius 2 is 1.64 bits per heavy atom. The molecule has 114 valence electrons. The molecule has 22 heavy (non-hydrogen) atoms. The van der Waals surface area contributed by atoms with E-state index in [0.717, 1.165) is 47.7 Å². The lowest BCUT2D eigenvalue weighted by Gasteiger charge is -2.15. The molecular weight excluding hydrogens is 297 g/mol. The molecule has 2 nitrogen and oxygen atoms in total. The summed E-state index contributed by atoms with van der Waals surface area (Å²) in [5, 5.41) is 0. The topological polar surface area (TPSA) is 20.3 Å². The first-order valence-electron chi connectivity index (χ1n) is 7.49. The van der Waals surface area contributed by atoms with Crippen LogP contribution in [0, 0.1) is 5.82 Å². The van der Waals surface area contributed by atoms with Crippen LogP contribution in [0.5, 0.6) is 0 Å². The Morgan fingerprint density at radius 1 is 1.00 bits per heavy atom. The van der Waals surface area contributed by atoms with Crippen molar-refractivity contribution >= 4 is 17.7 Å². The highest BCUT2D eigenvalue weighted by molar-refractivity contribution is 7.98. The SMILES string of the molecule is O=C(c1ccc(CSc2ccc(F)cc2)cc1)N1CCCC1. The molecule has 0 unspecified atom stereocenters. The Labute approximate surface area is 134 Å². The van der Waals surface area contributed by atoms with E-state index in [9.17, 15) is 9.18 Å². The first kappa shape index (κ1) is 15.1. The van der Waals surface area contributed by atoms with E-state index < -0.39 is 0 Å². The number of carbonyl (C=O) groups excluding carboxylic acids is 1. The summed E-state index contributed by atoms with van der Waals surface area (Å²) in [6, 6.07) is 14.3. The molecular formula is C18H18FNOS. The molecule has 1 heterocycles. The van der Waals surface area contributed by atoms with Gasteiger partial charge >= 0.3 is 0 Å². The third-order valence-corrected chi connectivity index (χ3v) is 4.90. The summed E-state index contributed by atoms with van der Waals surface area (Å²) >= 11 is 1.66. The van der Waals surface area contributed by atoms with Crippen molar-refractivity contribution in [3.63, 3.8) is 0 Å². The summed E-state index contributed by atoms with van der Waals surface area (Å²) in [6.45, 7) is 1.75. The second-order valence-electron chi connectivity index (χ2n) is 5.44. The fourth-order valence-corrected chi connectivity index (χ4v) is 3.40. The smallest absolute Gasteiger partial charge is 0.253 e. The summed E-state index contributed by atoms with van der Waals surface area (Å²) in [6.07, 6.45) is 2.22. The van der Waals surface area contributed by atoms with Crippen LogP contribution in [-0.4, -0.2) is 23.9 Å². The summed E-state index contributed by atoms with van der Waals surface area (Å²) in [4.78, 5) is 15.2. The Kier molecular flexibility index (Phi) is 4.78. The lowest BCUT2D eigenvalue weighted by molar-refractivity contribution is 0.0793. The number of thioether (sulfide) groups is 1. The molecule has 0 bridgehead atoms. The molecule has 3 rings (SSSR count). The quantitative estimate of drug-likeness (QED) is 0.782. The standard InChI is InChI=1S/C18H18FNOS/c19-16-7-9-17(10-8-16)22-13-14-3-5-15(6-4-14)18(21)20-11-1-2-12-20/h3-10H,1-2,11-13H2. The van der Waals surface area contributed by atoms with Gasteiger partial charge in [0.15, 0.2) is 0 Å². The number of amides is 1. The number of hydrogen-bond donors (Lipinski definition) is 0. The van der Waals surface area contributed by atoms with Gasteiger partial charge in [-0.25, -0.2) is 4.39 Å². The maximum atomic E-state index is 12.9. The number of hydrogen-bond acceptors (Lipinski definition) is 2. The summed E-state index contributed by atoms with van der Waals surface area (Å²) in [5.74, 6) is 0.730. The summed E-state index contributed by atoms with van der Waals surface area (Å²) in [7, 11) is 0. The molecule has 1 fully saturated rings. The molecule has 0 saturated carbocycles. The van der Waals surface area contributed by atoms with Crippen LogP contribution in [-0.2, 0) is 5.75 Å². The van der Waals surface area contributed by atoms with E-state index >= 15 is 0 Å². The molecule has 0 spiro atoms. The van der Waals surface area contributed by atoms with Gasteiger partial charge in [0.2, 0.25) is 0 Å². The largest absolute Gasteiger partial charge is 0.339 e. The number of carbonyl (C=O) groups is 1. The molecule has 1 saturated heterocycles. The van der Waals surface area contributed by atoms with Gasteiger partial charge in [-0.15, -0.1) is 11.8 Å². The molecule has 0 aromatic heterocycles. The monoisotopic (exact) mass is 315 g/mol. The Hall–Kier alpha value is -1.81. The third kappa shape index (κ3) is 3.69. The highest BCUT2D eigenvalue weighted by Gasteiger charge is 2.19. The molecule has 4 heteroatoms. The van der Waals surface area contributed by atoms with Gasteiger partial charge in [-0.2, -0.15) is 0 Å². The van der Waals surface area contributed by atoms with Gasteiger partial charge < -0.3 is 4.90 Å². The van der Waals surface area contributed by atoms with Crippen LogP contribution in [0.3, 0.4) is 0 Å². The molecule has 1 aliphatic heterocycles. The number of nitrogens with zero attached hydrogens (tertiary/aromatic N) is 1. The number of halogens is 1. The van der Waals surface area contributed by atoms with Gasteiger partial charge in [0, 0.05) is 29.3 Å². The minimum absolute atomic E-state index is 0.134. The summed E-state index contributed by atoms with van der Waals surface area (Å²) in [5.41, 5.74) is 1.92. The lowest BCUT2D eigenvalue weighted by atomic mass is 10.1. The molecule has 2 aromatic rings. The van der Waals surface area contributed by atoms with Gasteiger partial charge in [0.1, 0.15) is 5.82 Å². The normalized spacial score (nSPS) is 14.3. The van der Waals surface area contributed by atoms with E-state index in [4.69, 9.17) is 0 Å². The predicted molar refractivity (Wildman–Crippen MR) is 87.5 cm³/mol. The van der Waals surface area contributed by atoms with Crippen molar-refractivity contribution in [1.82, 2.24) is 4.90 Å². The van der Waals surface area contributed by atoms with Gasteiger partial charge in [0.25, 0.3) is 5.91 Å². The van der Waals surface area contributed by atoms with Crippen molar-refractivity contribution < 1.29 is 9.18 Å². The van der Waals surface area contributed by atoms with Gasteiger partial charge in [-0.3, -0.25) is 4.79 Å². The minimum Gasteiger partial charge on any atom is -0.339 e. The van der Waals surface area contributed by atoms with Crippen molar-refractivity contribution in [3.8, 4) is 0 Å². The van der Waals surface area contributed by atoms with Crippen molar-refractivity contribution in [3.05, 3.63) is 65.5 Å². The predicted octanol–water partition coefficient (Wildman–Crippen LogP) is 4.35. The first-order chi connectivity index (χ1) is 10.7. The van der Waals surface area contributed by atoms with E-state index in [1.807, 2.05) is 29.2 Å². The Balaban J connectivity index is 1.59. The zero-order valence-electron chi connectivity index (χ0n) is 12.3. The summed E-state index contributed by atoms with van der Waals surface area (Å²) < 4.78 is 12.9. The molecule has 2 aromatic carbocycles. The average molecular weight is 315 g/mol. The fourth-order valence-electron chi connectivity index (χ4n) is 2.54. The van der Waals surface area contributed by atoms with Crippen LogP contribution in [0.25, 0.3) is 0 Å². The second kappa shape index (κ2) is 6.97. The zero-order chi connectivity index (χ0) is 15.4. The van der Waals surface area contributed by atoms with Crippen LogP contribution >= 0.6 is 11.8 Å². The highest BCUT2D eigenvalue weighted by Crippen LogP contribution is 2.23. The molecule has 1 aliphatic rings. The Morgan fingerprint density at radius 3 is 2.27 bits per heavy atom. The molecule has 1 amide bonds. The van der Waals surface area contributed by atoms with E-state index in [1.54, 1.807) is 23.9 Å². The molecule has 0 radical (unpaired) electrons. The van der Waals surface area contributed by atoms with Crippen molar-refractivity contribution in [2.75, 3.05) is 13.1 Å². The van der Waals surface area contributed by atoms with Crippen LogP contribution in [0.2, 0.25) is 0 Å². The first-order valence-corrected chi connectivity index (χ1v) is 8.47. The van der Waals surface area contributed by atoms with Gasteiger partial charge in [-0.05, 0) is 54.8 Å². The van der Waals surface area contributed by atoms with Crippen molar-refractivity contribution in [1.29, 1.82) is 0 Å². The molecule has 0 N–H and O–H groups in total. The third-order valence-electron chi connectivity index (χ3n) is 3.81. The minimum atomic E-state index is -0.214. The van der Waals surface area contributed by atoms with E-state index in [2.05, 4.69) is 0 Å². The van der Waals surface area contributed by atoms with Gasteiger partial charge in [-0.1, -0.05) is 12.1 Å². The molecule has 0 atom stereocenters. The maximum absolute atomic E-state index is 12.9. The van der Waals surface area contributed by atoms with E-state index in [-0.39, 0.29) is 11.7 Å². The average Bonchev–Trinajstić information content (AvgIpc) is 3.09. The second-order valence-corrected chi connectivity index (χ2v) is 6.49. The number of rotatable bonds is 4. The van der Waals surface area contributed by atoms with Crippen LogP contribution in [0.15, 0.2) is 53.4 Å². The van der Waals surface area contributed by atoms with Crippen molar-refractivity contribution in [2.45, 2.75) is 23.5 Å². The highest BCUT2D eigenvalue weighted by atomic mass is 32.2. The van der Waals surface area contributed by atoms with Crippen LogP contribution in [0.1, 0.15) is 28.8 Å². The zero-order valence-corrected chi connectivity index (χ0v) is 13.1. The number of likely N-dealkylation sites (tertiary alicyclic amines) is 1. The maximum Gasteiger partial charge on any atom is 0.253 e. The van der Waals surface area contributed by atoms with Gasteiger partial charge in [0.05, 0.1) is 0 Å². The van der Waals surface area contributed by atoms with Crippen molar-refractivity contribution in [2.24, 2.45) is 0 Å². The lowest BCUT2D eigenvalue weighted by Crippen LogP contribution is -2.27. The number of benzene rings is 2.